The van der Waals surface area contributed by atoms with Crippen LogP contribution in [0.15, 0.2) is 24.5 Å². The molecule has 0 unspecified atom stereocenters. The standard InChI is InChI=1S/C14H14N2O2S/c1-9-7-12(18-2)13(19-9)14(17)16-6-4-10-8-15-5-3-11(10)16/h3,5,7-8H,4,6H2,1-2H3. The zero-order valence-electron chi connectivity index (χ0n) is 10.8. The van der Waals surface area contributed by atoms with Gasteiger partial charge in [-0.05, 0) is 31.0 Å². The zero-order chi connectivity index (χ0) is 13.4. The van der Waals surface area contributed by atoms with Crippen LogP contribution in [0.4, 0.5) is 5.69 Å². The average molecular weight is 274 g/mol. The molecular weight excluding hydrogens is 260 g/mol. The smallest absolute Gasteiger partial charge is 0.272 e. The van der Waals surface area contributed by atoms with Gasteiger partial charge >= 0.3 is 0 Å². The van der Waals surface area contributed by atoms with E-state index in [9.17, 15) is 4.79 Å². The van der Waals surface area contributed by atoms with Crippen LogP contribution in [0.5, 0.6) is 5.75 Å². The van der Waals surface area contributed by atoms with Crippen LogP contribution in [0, 0.1) is 6.92 Å². The highest BCUT2D eigenvalue weighted by atomic mass is 32.1. The largest absolute Gasteiger partial charge is 0.495 e. The number of fused-ring (bicyclic) bond motifs is 1. The lowest BCUT2D eigenvalue weighted by Gasteiger charge is -2.16. The second-order valence-electron chi connectivity index (χ2n) is 4.47. The molecule has 0 saturated carbocycles. The number of carbonyl (C=O) groups is 1. The Morgan fingerprint density at radius 2 is 2.37 bits per heavy atom. The van der Waals surface area contributed by atoms with E-state index in [4.69, 9.17) is 4.74 Å². The number of amides is 1. The van der Waals surface area contributed by atoms with Crippen molar-refractivity contribution in [1.29, 1.82) is 0 Å². The van der Waals surface area contributed by atoms with Crippen molar-refractivity contribution in [2.75, 3.05) is 18.6 Å². The van der Waals surface area contributed by atoms with Gasteiger partial charge < -0.3 is 9.64 Å². The van der Waals surface area contributed by atoms with E-state index >= 15 is 0 Å². The Kier molecular flexibility index (Phi) is 2.98. The molecular formula is C14H14N2O2S. The summed E-state index contributed by atoms with van der Waals surface area (Å²) < 4.78 is 5.29. The summed E-state index contributed by atoms with van der Waals surface area (Å²) in [6.07, 6.45) is 4.42. The molecule has 1 aliphatic heterocycles. The summed E-state index contributed by atoms with van der Waals surface area (Å²) in [5, 5.41) is 0. The van der Waals surface area contributed by atoms with E-state index in [2.05, 4.69) is 4.98 Å². The van der Waals surface area contributed by atoms with Crippen LogP contribution in [-0.2, 0) is 6.42 Å². The van der Waals surface area contributed by atoms with Crippen LogP contribution in [-0.4, -0.2) is 24.5 Å². The zero-order valence-corrected chi connectivity index (χ0v) is 11.7. The Morgan fingerprint density at radius 1 is 1.53 bits per heavy atom. The summed E-state index contributed by atoms with van der Waals surface area (Å²) in [4.78, 5) is 20.3. The Labute approximate surface area is 115 Å². The summed E-state index contributed by atoms with van der Waals surface area (Å²) in [5.74, 6) is 0.676. The summed E-state index contributed by atoms with van der Waals surface area (Å²) in [6, 6.07) is 3.80. The lowest BCUT2D eigenvalue weighted by atomic mass is 10.2. The number of carbonyl (C=O) groups excluding carboxylic acids is 1. The number of methoxy groups -OCH3 is 1. The van der Waals surface area contributed by atoms with Crippen molar-refractivity contribution in [3.63, 3.8) is 0 Å². The predicted octanol–water partition coefficient (Wildman–Crippen LogP) is 2.66. The third-order valence-corrected chi connectivity index (χ3v) is 4.27. The average Bonchev–Trinajstić information content (AvgIpc) is 3.01. The minimum Gasteiger partial charge on any atom is -0.495 e. The molecule has 2 aromatic heterocycles. The number of rotatable bonds is 2. The highest BCUT2D eigenvalue weighted by Crippen LogP contribution is 2.34. The second kappa shape index (κ2) is 4.66. The van der Waals surface area contributed by atoms with Crippen LogP contribution in [0.1, 0.15) is 20.1 Å². The van der Waals surface area contributed by atoms with Crippen molar-refractivity contribution in [1.82, 2.24) is 4.98 Å². The van der Waals surface area contributed by atoms with Crippen molar-refractivity contribution < 1.29 is 9.53 Å². The van der Waals surface area contributed by atoms with E-state index in [-0.39, 0.29) is 5.91 Å². The summed E-state index contributed by atoms with van der Waals surface area (Å²) in [6.45, 7) is 2.69. The molecule has 0 bridgehead atoms. The molecule has 3 heterocycles. The third kappa shape index (κ3) is 2.00. The number of hydrogen-bond donors (Lipinski definition) is 0. The van der Waals surface area contributed by atoms with Gasteiger partial charge in [-0.3, -0.25) is 9.78 Å². The van der Waals surface area contributed by atoms with Crippen molar-refractivity contribution >= 4 is 22.9 Å². The first-order chi connectivity index (χ1) is 9.20. The molecule has 3 rings (SSSR count). The Morgan fingerprint density at radius 3 is 3.16 bits per heavy atom. The molecule has 0 fully saturated rings. The fourth-order valence-electron chi connectivity index (χ4n) is 2.35. The maximum absolute atomic E-state index is 12.6. The van der Waals surface area contributed by atoms with Crippen molar-refractivity contribution in [3.05, 3.63) is 39.8 Å². The molecule has 0 aliphatic carbocycles. The summed E-state index contributed by atoms with van der Waals surface area (Å²) in [5.41, 5.74) is 2.09. The minimum atomic E-state index is 0.0138. The number of anilines is 1. The first kappa shape index (κ1) is 12.2. The van der Waals surface area contributed by atoms with Gasteiger partial charge in [0.15, 0.2) is 0 Å². The van der Waals surface area contributed by atoms with Gasteiger partial charge in [0.2, 0.25) is 0 Å². The fourth-order valence-corrected chi connectivity index (χ4v) is 3.28. The molecule has 0 aromatic carbocycles. The number of pyridine rings is 1. The van der Waals surface area contributed by atoms with Gasteiger partial charge in [0, 0.05) is 23.8 Å². The molecule has 4 nitrogen and oxygen atoms in total. The lowest BCUT2D eigenvalue weighted by Crippen LogP contribution is -2.28. The van der Waals surface area contributed by atoms with E-state index in [0.29, 0.717) is 17.2 Å². The SMILES string of the molecule is COc1cc(C)sc1C(=O)N1CCc2cnccc21. The minimum absolute atomic E-state index is 0.0138. The van der Waals surface area contributed by atoms with Gasteiger partial charge in [0.1, 0.15) is 10.6 Å². The van der Waals surface area contributed by atoms with Gasteiger partial charge in [-0.15, -0.1) is 11.3 Å². The topological polar surface area (TPSA) is 42.4 Å². The van der Waals surface area contributed by atoms with Crippen LogP contribution < -0.4 is 9.64 Å². The molecule has 98 valence electrons. The number of aromatic nitrogens is 1. The van der Waals surface area contributed by atoms with Crippen LogP contribution in [0.3, 0.4) is 0 Å². The first-order valence-corrected chi connectivity index (χ1v) is 6.91. The molecule has 19 heavy (non-hydrogen) atoms. The van der Waals surface area contributed by atoms with Crippen LogP contribution in [0.2, 0.25) is 0 Å². The quantitative estimate of drug-likeness (QED) is 0.845. The molecule has 0 atom stereocenters. The van der Waals surface area contributed by atoms with Gasteiger partial charge in [-0.1, -0.05) is 0 Å². The maximum atomic E-state index is 12.6. The van der Waals surface area contributed by atoms with Gasteiger partial charge in [0.25, 0.3) is 5.91 Å². The van der Waals surface area contributed by atoms with E-state index < -0.39 is 0 Å². The molecule has 0 radical (unpaired) electrons. The number of ether oxygens (including phenoxy) is 1. The molecule has 1 amide bonds. The second-order valence-corrected chi connectivity index (χ2v) is 5.72. The van der Waals surface area contributed by atoms with E-state index in [1.807, 2.05) is 30.2 Å². The van der Waals surface area contributed by atoms with Gasteiger partial charge in [0.05, 0.1) is 12.8 Å². The van der Waals surface area contributed by atoms with Crippen molar-refractivity contribution in [2.45, 2.75) is 13.3 Å². The molecule has 2 aromatic rings. The Bertz CT molecular complexity index is 636. The Balaban J connectivity index is 1.97. The highest BCUT2D eigenvalue weighted by molar-refractivity contribution is 7.14. The fraction of sp³-hybridized carbons (Fsp3) is 0.286. The molecule has 5 heteroatoms. The van der Waals surface area contributed by atoms with Crippen LogP contribution in [0.25, 0.3) is 0 Å². The molecule has 0 spiro atoms. The van der Waals surface area contributed by atoms with Crippen molar-refractivity contribution in [3.8, 4) is 5.75 Å². The van der Waals surface area contributed by atoms with Crippen molar-refractivity contribution in [2.24, 2.45) is 0 Å². The Hall–Kier alpha value is -1.88. The number of nitrogens with zero attached hydrogens (tertiary/aromatic N) is 2. The van der Waals surface area contributed by atoms with E-state index in [0.717, 1.165) is 22.5 Å². The highest BCUT2D eigenvalue weighted by Gasteiger charge is 2.28. The molecule has 0 saturated heterocycles. The predicted molar refractivity (Wildman–Crippen MR) is 75.2 cm³/mol. The monoisotopic (exact) mass is 274 g/mol. The number of hydrogen-bond acceptors (Lipinski definition) is 4. The molecule has 1 aliphatic rings. The van der Waals surface area contributed by atoms with Gasteiger partial charge in [-0.2, -0.15) is 0 Å². The van der Waals surface area contributed by atoms with Crippen LogP contribution >= 0.6 is 11.3 Å². The van der Waals surface area contributed by atoms with Gasteiger partial charge in [-0.25, -0.2) is 0 Å². The third-order valence-electron chi connectivity index (χ3n) is 3.25. The maximum Gasteiger partial charge on any atom is 0.272 e. The van der Waals surface area contributed by atoms with E-state index in [1.165, 1.54) is 11.3 Å². The number of aryl methyl sites for hydroxylation is 1. The molecule has 0 N–H and O–H groups in total. The first-order valence-electron chi connectivity index (χ1n) is 6.10. The normalized spacial score (nSPS) is 13.5. The summed E-state index contributed by atoms with van der Waals surface area (Å²) in [7, 11) is 1.60. The number of thiophene rings is 1. The van der Waals surface area contributed by atoms with E-state index in [1.54, 1.807) is 13.3 Å². The lowest BCUT2D eigenvalue weighted by molar-refractivity contribution is 0.0990. The summed E-state index contributed by atoms with van der Waals surface area (Å²) >= 11 is 1.48.